The van der Waals surface area contributed by atoms with E-state index in [4.69, 9.17) is 9.26 Å². The Morgan fingerprint density at radius 2 is 1.82 bits per heavy atom. The first kappa shape index (κ1) is 21.5. The number of piperidine rings is 1. The van der Waals surface area contributed by atoms with Crippen molar-refractivity contribution in [1.29, 1.82) is 0 Å². The van der Waals surface area contributed by atoms with Crippen LogP contribution in [0.1, 0.15) is 24.7 Å². The van der Waals surface area contributed by atoms with Gasteiger partial charge in [-0.05, 0) is 49.2 Å². The van der Waals surface area contributed by atoms with Crippen molar-refractivity contribution in [3.05, 3.63) is 72.4 Å². The zero-order chi connectivity index (χ0) is 23.0. The minimum absolute atomic E-state index is 0.222. The van der Waals surface area contributed by atoms with Gasteiger partial charge >= 0.3 is 0 Å². The number of methoxy groups -OCH3 is 1. The summed E-state index contributed by atoms with van der Waals surface area (Å²) in [6.45, 7) is 0.659. The van der Waals surface area contributed by atoms with Gasteiger partial charge in [0.2, 0.25) is 21.7 Å². The largest absolute Gasteiger partial charge is 0.496 e. The summed E-state index contributed by atoms with van der Waals surface area (Å²) in [5.41, 5.74) is 0.636. The Bertz CT molecular complexity index is 1400. The quantitative estimate of drug-likeness (QED) is 0.426. The summed E-state index contributed by atoms with van der Waals surface area (Å²) in [6, 6.07) is 16.4. The fourth-order valence-corrected chi connectivity index (χ4v) is 5.99. The van der Waals surface area contributed by atoms with Crippen molar-refractivity contribution in [3.63, 3.8) is 0 Å². The number of fused-ring (bicyclic) bond motifs is 1. The number of hydrogen-bond acceptors (Lipinski definition) is 6. The molecule has 2 heterocycles. The number of hydrogen-bond donors (Lipinski definition) is 0. The standard InChI is InChI=1S/C24H22FN3O4S/c1-31-21-12-13-22(20-7-3-2-6-19(20)21)33(29,30)28-14-4-5-17(15-28)24-26-23(27-32-24)16-8-10-18(25)11-9-16/h2-3,6-13,17H,4-5,14-15H2,1H3. The molecule has 0 N–H and O–H groups in total. The van der Waals surface area contributed by atoms with Crippen molar-refractivity contribution in [2.75, 3.05) is 20.2 Å². The van der Waals surface area contributed by atoms with Crippen molar-refractivity contribution >= 4 is 20.8 Å². The summed E-state index contributed by atoms with van der Waals surface area (Å²) >= 11 is 0. The molecule has 1 aliphatic heterocycles. The van der Waals surface area contributed by atoms with Gasteiger partial charge in [0.15, 0.2) is 0 Å². The van der Waals surface area contributed by atoms with E-state index in [2.05, 4.69) is 10.1 Å². The third-order valence-electron chi connectivity index (χ3n) is 5.96. The maximum Gasteiger partial charge on any atom is 0.243 e. The number of aromatic nitrogens is 2. The summed E-state index contributed by atoms with van der Waals surface area (Å²) in [6.07, 6.45) is 1.41. The van der Waals surface area contributed by atoms with Gasteiger partial charge in [-0.15, -0.1) is 0 Å². The van der Waals surface area contributed by atoms with Crippen molar-refractivity contribution in [2.45, 2.75) is 23.7 Å². The van der Waals surface area contributed by atoms with Crippen LogP contribution in [-0.2, 0) is 10.0 Å². The van der Waals surface area contributed by atoms with E-state index in [9.17, 15) is 12.8 Å². The molecule has 170 valence electrons. The Balaban J connectivity index is 1.43. The Labute approximate surface area is 190 Å². The van der Waals surface area contributed by atoms with Gasteiger partial charge in [0.25, 0.3) is 0 Å². The third kappa shape index (κ3) is 3.98. The van der Waals surface area contributed by atoms with Crippen LogP contribution >= 0.6 is 0 Å². The molecule has 33 heavy (non-hydrogen) atoms. The van der Waals surface area contributed by atoms with E-state index >= 15 is 0 Å². The first-order valence-corrected chi connectivity index (χ1v) is 12.1. The van der Waals surface area contributed by atoms with Gasteiger partial charge < -0.3 is 9.26 Å². The van der Waals surface area contributed by atoms with Crippen molar-refractivity contribution < 1.29 is 22.1 Å². The molecule has 4 aromatic rings. The molecule has 0 spiro atoms. The van der Waals surface area contributed by atoms with Crippen molar-refractivity contribution in [3.8, 4) is 17.1 Å². The average molecular weight is 468 g/mol. The van der Waals surface area contributed by atoms with Crippen molar-refractivity contribution in [1.82, 2.24) is 14.4 Å². The molecule has 1 atom stereocenters. The Hall–Kier alpha value is -3.30. The van der Waals surface area contributed by atoms with E-state index in [0.29, 0.717) is 41.4 Å². The lowest BCUT2D eigenvalue weighted by molar-refractivity contribution is 0.266. The minimum atomic E-state index is -3.76. The van der Waals surface area contributed by atoms with Gasteiger partial charge in [-0.25, -0.2) is 12.8 Å². The van der Waals surface area contributed by atoms with Gasteiger partial charge in [-0.1, -0.05) is 29.4 Å². The Morgan fingerprint density at radius 3 is 2.58 bits per heavy atom. The molecule has 0 saturated carbocycles. The first-order valence-electron chi connectivity index (χ1n) is 10.6. The molecule has 0 aliphatic carbocycles. The molecule has 0 bridgehead atoms. The van der Waals surface area contributed by atoms with E-state index < -0.39 is 10.0 Å². The van der Waals surface area contributed by atoms with Crippen LogP contribution in [0.25, 0.3) is 22.2 Å². The molecule has 7 nitrogen and oxygen atoms in total. The number of rotatable bonds is 5. The predicted octanol–water partition coefficient (Wildman–Crippen LogP) is 4.61. The van der Waals surface area contributed by atoms with Crippen LogP contribution in [0, 0.1) is 5.82 Å². The fraction of sp³-hybridized carbons (Fsp3) is 0.250. The fourth-order valence-electron chi connectivity index (χ4n) is 4.27. The highest BCUT2D eigenvalue weighted by Gasteiger charge is 2.34. The SMILES string of the molecule is COc1ccc(S(=O)(=O)N2CCCC(c3nc(-c4ccc(F)cc4)no3)C2)c2ccccc12. The van der Waals surface area contributed by atoms with Gasteiger partial charge in [0, 0.05) is 29.4 Å². The van der Waals surface area contributed by atoms with Crippen LogP contribution in [0.2, 0.25) is 0 Å². The van der Waals surface area contributed by atoms with E-state index in [-0.39, 0.29) is 23.2 Å². The van der Waals surface area contributed by atoms with Crippen LogP contribution in [-0.4, -0.2) is 43.1 Å². The maximum atomic E-state index is 13.6. The number of ether oxygens (including phenoxy) is 1. The van der Waals surface area contributed by atoms with Gasteiger partial charge in [-0.2, -0.15) is 9.29 Å². The lowest BCUT2D eigenvalue weighted by Crippen LogP contribution is -2.39. The first-order chi connectivity index (χ1) is 16.0. The summed E-state index contributed by atoms with van der Waals surface area (Å²) in [7, 11) is -2.19. The second kappa shape index (κ2) is 8.57. The second-order valence-corrected chi connectivity index (χ2v) is 9.88. The summed E-state index contributed by atoms with van der Waals surface area (Å²) in [4.78, 5) is 4.70. The van der Waals surface area contributed by atoms with Crippen LogP contribution in [0.4, 0.5) is 4.39 Å². The number of sulfonamides is 1. The molecule has 1 aromatic heterocycles. The van der Waals surface area contributed by atoms with Crippen LogP contribution in [0.3, 0.4) is 0 Å². The van der Waals surface area contributed by atoms with Gasteiger partial charge in [-0.3, -0.25) is 0 Å². The molecule has 1 fully saturated rings. The molecule has 3 aromatic carbocycles. The summed E-state index contributed by atoms with van der Waals surface area (Å²) in [5, 5.41) is 5.37. The second-order valence-electron chi connectivity index (χ2n) is 7.98. The molecule has 0 radical (unpaired) electrons. The number of nitrogens with zero attached hydrogens (tertiary/aromatic N) is 3. The van der Waals surface area contributed by atoms with E-state index in [1.807, 2.05) is 18.2 Å². The molecule has 1 unspecified atom stereocenters. The van der Waals surface area contributed by atoms with E-state index in [1.165, 1.54) is 16.4 Å². The highest BCUT2D eigenvalue weighted by Crippen LogP contribution is 2.35. The lowest BCUT2D eigenvalue weighted by Gasteiger charge is -2.30. The Kier molecular flexibility index (Phi) is 5.59. The van der Waals surface area contributed by atoms with E-state index in [1.54, 1.807) is 37.4 Å². The average Bonchev–Trinajstić information content (AvgIpc) is 3.34. The summed E-state index contributed by atoms with van der Waals surface area (Å²) in [5.74, 6) is 0.793. The smallest absolute Gasteiger partial charge is 0.243 e. The predicted molar refractivity (Wildman–Crippen MR) is 121 cm³/mol. The van der Waals surface area contributed by atoms with Crippen LogP contribution < -0.4 is 4.74 Å². The van der Waals surface area contributed by atoms with Crippen molar-refractivity contribution in [2.24, 2.45) is 0 Å². The highest BCUT2D eigenvalue weighted by molar-refractivity contribution is 7.89. The molecular weight excluding hydrogens is 445 g/mol. The normalized spacial score (nSPS) is 17.3. The molecule has 0 amide bonds. The van der Waals surface area contributed by atoms with Gasteiger partial charge in [0.1, 0.15) is 11.6 Å². The zero-order valence-corrected chi connectivity index (χ0v) is 18.8. The number of benzene rings is 3. The lowest BCUT2D eigenvalue weighted by atomic mass is 10.00. The summed E-state index contributed by atoms with van der Waals surface area (Å²) < 4.78 is 52.8. The molecule has 1 saturated heterocycles. The molecule has 1 aliphatic rings. The Morgan fingerprint density at radius 1 is 1.06 bits per heavy atom. The van der Waals surface area contributed by atoms with Gasteiger partial charge in [0.05, 0.1) is 17.9 Å². The van der Waals surface area contributed by atoms with E-state index in [0.717, 1.165) is 11.8 Å². The number of halogens is 1. The highest BCUT2D eigenvalue weighted by atomic mass is 32.2. The monoisotopic (exact) mass is 467 g/mol. The zero-order valence-electron chi connectivity index (χ0n) is 17.9. The minimum Gasteiger partial charge on any atom is -0.496 e. The molecule has 9 heteroatoms. The third-order valence-corrected chi connectivity index (χ3v) is 7.88. The topological polar surface area (TPSA) is 85.5 Å². The molecular formula is C24H22FN3O4S. The van der Waals surface area contributed by atoms with Crippen LogP contribution in [0.15, 0.2) is 70.1 Å². The maximum absolute atomic E-state index is 13.6. The van der Waals surface area contributed by atoms with Crippen LogP contribution in [0.5, 0.6) is 5.75 Å². The molecule has 5 rings (SSSR count).